The third kappa shape index (κ3) is 3.07. The minimum absolute atomic E-state index is 0.0658. The summed E-state index contributed by atoms with van der Waals surface area (Å²) in [5, 5.41) is 0. The number of ether oxygens (including phenoxy) is 1. The Morgan fingerprint density at radius 2 is 2.11 bits per heavy atom. The van der Waals surface area contributed by atoms with Gasteiger partial charge in [0.15, 0.2) is 0 Å². The quantitative estimate of drug-likeness (QED) is 0.434. The molecule has 0 aromatic carbocycles. The normalized spacial score (nSPS) is 47.4. The Hall–Kier alpha value is -1.20. The molecule has 1 saturated heterocycles. The lowest BCUT2D eigenvalue weighted by Crippen LogP contribution is -2.59. The molecule has 0 radical (unpaired) electrons. The molecular weight excluding hydrogens is 367 g/mol. The summed E-state index contributed by atoms with van der Waals surface area (Å²) in [6.45, 7) is 9.26. The average molecular weight is 394 g/mol. The Morgan fingerprint density at radius 3 is 2.81 bits per heavy atom. The Balaban J connectivity index is 1.64. The highest BCUT2D eigenvalue weighted by Crippen LogP contribution is 2.66. The van der Waals surface area contributed by atoms with Crippen molar-refractivity contribution in [2.75, 3.05) is 13.2 Å². The number of fused-ring (bicyclic) bond motifs is 3. The van der Waals surface area contributed by atoms with E-state index in [1.54, 1.807) is 6.08 Å². The molecule has 0 aromatic rings. The van der Waals surface area contributed by atoms with Gasteiger partial charge in [0.2, 0.25) is 0 Å². The number of carbonyl (C=O) groups excluding carboxylic acids is 1. The van der Waals surface area contributed by atoms with Gasteiger partial charge in [-0.2, -0.15) is 0 Å². The van der Waals surface area contributed by atoms with Gasteiger partial charge in [0.25, 0.3) is 0 Å². The first-order valence-corrected chi connectivity index (χ1v) is 11.0. The summed E-state index contributed by atoms with van der Waals surface area (Å²) in [5.41, 5.74) is 1.38. The minimum atomic E-state index is -3.94. The Kier molecular flexibility index (Phi) is 4.54. The second-order valence-corrected chi connectivity index (χ2v) is 10.1. The van der Waals surface area contributed by atoms with Gasteiger partial charge < -0.3 is 9.63 Å². The molecule has 1 N–H and O–H groups in total. The van der Waals surface area contributed by atoms with Crippen LogP contribution >= 0.6 is 7.82 Å². The van der Waals surface area contributed by atoms with Crippen LogP contribution in [0.3, 0.4) is 0 Å². The highest BCUT2D eigenvalue weighted by molar-refractivity contribution is 7.47. The topological polar surface area (TPSA) is 82.1 Å². The molecule has 6 unspecified atom stereocenters. The summed E-state index contributed by atoms with van der Waals surface area (Å²) in [6.07, 6.45) is 8.90. The van der Waals surface area contributed by atoms with Crippen LogP contribution in [-0.4, -0.2) is 30.2 Å². The van der Waals surface area contributed by atoms with Crippen molar-refractivity contribution in [2.45, 2.75) is 45.6 Å². The van der Waals surface area contributed by atoms with Crippen LogP contribution in [0.1, 0.15) is 39.5 Å². The lowest BCUT2D eigenvalue weighted by Gasteiger charge is -2.61. The van der Waals surface area contributed by atoms with Crippen LogP contribution in [0.2, 0.25) is 0 Å². The van der Waals surface area contributed by atoms with Crippen molar-refractivity contribution < 1.29 is 28.0 Å². The molecule has 27 heavy (non-hydrogen) atoms. The van der Waals surface area contributed by atoms with E-state index < -0.39 is 7.82 Å². The standard InChI is InChI=1S/C20H27O6P/c1-13-4-7-16-19(2,15(13)6-5-14-9-11-24-18(14)21)10-8-17-20(16,3)12-25-27(22,23)26-17/h5-6,9,15-17H,1,4,7-8,10-12H2,2-3H3,(H,22,23)/b6-5+. The predicted molar refractivity (Wildman–Crippen MR) is 99.6 cm³/mol. The summed E-state index contributed by atoms with van der Waals surface area (Å²) >= 11 is 0. The number of cyclic esters (lactones) is 1. The first-order valence-electron chi connectivity index (χ1n) is 9.55. The van der Waals surface area contributed by atoms with Gasteiger partial charge in [-0.1, -0.05) is 38.2 Å². The number of phosphoric acid groups is 1. The molecule has 4 rings (SSSR count). The lowest BCUT2D eigenvalue weighted by molar-refractivity contribution is -0.164. The molecule has 2 aliphatic carbocycles. The number of phosphoric ester groups is 1. The van der Waals surface area contributed by atoms with Crippen LogP contribution in [0.15, 0.2) is 36.0 Å². The maximum Gasteiger partial charge on any atom is 0.472 e. The first kappa shape index (κ1) is 19.1. The van der Waals surface area contributed by atoms with Crippen LogP contribution in [0.5, 0.6) is 0 Å². The molecule has 0 bridgehead atoms. The summed E-state index contributed by atoms with van der Waals surface area (Å²) in [5.74, 6) is 0.123. The van der Waals surface area contributed by atoms with E-state index in [0.29, 0.717) is 18.6 Å². The molecule has 4 aliphatic rings. The maximum atomic E-state index is 11.9. The number of rotatable bonds is 2. The van der Waals surface area contributed by atoms with Gasteiger partial charge in [0.05, 0.1) is 18.3 Å². The van der Waals surface area contributed by atoms with E-state index in [-0.39, 0.29) is 41.3 Å². The van der Waals surface area contributed by atoms with Crippen molar-refractivity contribution in [2.24, 2.45) is 22.7 Å². The summed E-state index contributed by atoms with van der Waals surface area (Å²) in [7, 11) is -3.94. The number of allylic oxidation sites excluding steroid dienone is 2. The molecule has 3 fully saturated rings. The Labute approximate surface area is 159 Å². The van der Waals surface area contributed by atoms with Gasteiger partial charge in [-0.25, -0.2) is 9.36 Å². The van der Waals surface area contributed by atoms with Crippen molar-refractivity contribution >= 4 is 13.8 Å². The minimum Gasteiger partial charge on any atom is -0.458 e. The number of carbonyl (C=O) groups is 1. The van der Waals surface area contributed by atoms with E-state index in [1.165, 1.54) is 5.57 Å². The van der Waals surface area contributed by atoms with E-state index in [0.717, 1.165) is 19.3 Å². The van der Waals surface area contributed by atoms with Crippen molar-refractivity contribution in [3.05, 3.63) is 36.0 Å². The molecular formula is C20H27O6P. The first-order chi connectivity index (χ1) is 12.7. The number of hydrogen-bond acceptors (Lipinski definition) is 5. The zero-order valence-corrected chi connectivity index (χ0v) is 16.7. The van der Waals surface area contributed by atoms with Crippen LogP contribution in [-0.2, 0) is 23.1 Å². The van der Waals surface area contributed by atoms with Crippen molar-refractivity contribution in [3.8, 4) is 0 Å². The summed E-state index contributed by atoms with van der Waals surface area (Å²) in [4.78, 5) is 21.5. The number of hydrogen-bond donors (Lipinski definition) is 1. The summed E-state index contributed by atoms with van der Waals surface area (Å²) in [6, 6.07) is 0. The molecule has 0 amide bonds. The van der Waals surface area contributed by atoms with Crippen molar-refractivity contribution in [1.82, 2.24) is 0 Å². The van der Waals surface area contributed by atoms with Crippen LogP contribution in [0, 0.1) is 22.7 Å². The fourth-order valence-corrected chi connectivity index (χ4v) is 6.92. The Morgan fingerprint density at radius 1 is 1.33 bits per heavy atom. The van der Waals surface area contributed by atoms with Crippen LogP contribution in [0.4, 0.5) is 0 Å². The van der Waals surface area contributed by atoms with E-state index in [4.69, 9.17) is 13.8 Å². The predicted octanol–water partition coefficient (Wildman–Crippen LogP) is 3.93. The molecule has 148 valence electrons. The van der Waals surface area contributed by atoms with Gasteiger partial charge in [-0.3, -0.25) is 9.05 Å². The molecule has 0 spiro atoms. The highest BCUT2D eigenvalue weighted by atomic mass is 31.2. The van der Waals surface area contributed by atoms with Gasteiger partial charge in [-0.15, -0.1) is 0 Å². The van der Waals surface area contributed by atoms with Crippen molar-refractivity contribution in [1.29, 1.82) is 0 Å². The van der Waals surface area contributed by atoms with Gasteiger partial charge >= 0.3 is 13.8 Å². The molecule has 6 atom stereocenters. The maximum absolute atomic E-state index is 11.9. The fourth-order valence-electron chi connectivity index (χ4n) is 5.75. The average Bonchev–Trinajstić information content (AvgIpc) is 3.00. The van der Waals surface area contributed by atoms with Crippen LogP contribution in [0.25, 0.3) is 0 Å². The Bertz CT molecular complexity index is 785. The fraction of sp³-hybridized carbons (Fsp3) is 0.650. The molecule has 0 aromatic heterocycles. The largest absolute Gasteiger partial charge is 0.472 e. The third-order valence-electron chi connectivity index (χ3n) is 7.20. The lowest BCUT2D eigenvalue weighted by atomic mass is 9.46. The molecule has 2 heterocycles. The van der Waals surface area contributed by atoms with E-state index >= 15 is 0 Å². The van der Waals surface area contributed by atoms with Crippen molar-refractivity contribution in [3.63, 3.8) is 0 Å². The number of esters is 1. The zero-order chi connectivity index (χ0) is 19.4. The highest BCUT2D eigenvalue weighted by Gasteiger charge is 2.61. The monoisotopic (exact) mass is 394 g/mol. The SMILES string of the molecule is C=C1CCC2C3(C)COP(=O)(O)OC3CCC2(C)C1/C=C/C1=CCOC1=O. The second-order valence-electron chi connectivity index (χ2n) is 8.73. The van der Waals surface area contributed by atoms with E-state index in [1.807, 2.05) is 6.08 Å². The molecule has 6 nitrogen and oxygen atoms in total. The van der Waals surface area contributed by atoms with E-state index in [9.17, 15) is 14.3 Å². The molecule has 2 saturated carbocycles. The van der Waals surface area contributed by atoms with Gasteiger partial charge in [-0.05, 0) is 43.1 Å². The van der Waals surface area contributed by atoms with Crippen LogP contribution < -0.4 is 0 Å². The summed E-state index contributed by atoms with van der Waals surface area (Å²) < 4.78 is 27.6. The van der Waals surface area contributed by atoms with Gasteiger partial charge in [0.1, 0.15) is 6.61 Å². The second kappa shape index (κ2) is 6.41. The van der Waals surface area contributed by atoms with Gasteiger partial charge in [0, 0.05) is 11.3 Å². The zero-order valence-electron chi connectivity index (χ0n) is 15.8. The third-order valence-corrected chi connectivity index (χ3v) is 8.17. The molecule has 7 heteroatoms. The van der Waals surface area contributed by atoms with E-state index in [2.05, 4.69) is 26.5 Å². The molecule has 2 aliphatic heterocycles. The smallest absolute Gasteiger partial charge is 0.458 e.